The van der Waals surface area contributed by atoms with Crippen molar-refractivity contribution in [2.24, 2.45) is 0 Å². The van der Waals surface area contributed by atoms with Crippen LogP contribution < -0.4 is 10.2 Å². The van der Waals surface area contributed by atoms with Crippen LogP contribution >= 0.6 is 0 Å². The lowest BCUT2D eigenvalue weighted by Gasteiger charge is -2.36. The average Bonchev–Trinajstić information content (AvgIpc) is 2.79. The first-order valence-corrected chi connectivity index (χ1v) is 10.4. The molecular weight excluding hydrogens is 411 g/mol. The van der Waals surface area contributed by atoms with Crippen LogP contribution in [0.25, 0.3) is 0 Å². The lowest BCUT2D eigenvalue weighted by molar-refractivity contribution is -0.132. The minimum Gasteiger partial charge on any atom is -0.368 e. The number of halogens is 1. The van der Waals surface area contributed by atoms with Crippen LogP contribution in [0.4, 0.5) is 15.8 Å². The van der Waals surface area contributed by atoms with Crippen LogP contribution in [0.3, 0.4) is 0 Å². The summed E-state index contributed by atoms with van der Waals surface area (Å²) in [5, 5.41) is 2.79. The summed E-state index contributed by atoms with van der Waals surface area (Å²) < 4.78 is 13.9. The van der Waals surface area contributed by atoms with Gasteiger partial charge < -0.3 is 20.0 Å². The number of nitrogens with zero attached hydrogens (tertiary/aromatic N) is 3. The van der Waals surface area contributed by atoms with Crippen LogP contribution in [0, 0.1) is 5.82 Å². The molecule has 32 heavy (non-hydrogen) atoms. The zero-order valence-corrected chi connectivity index (χ0v) is 18.1. The number of hydrogen-bond donors (Lipinski definition) is 1. The maximum atomic E-state index is 13.9. The molecule has 0 aromatic heterocycles. The lowest BCUT2D eigenvalue weighted by atomic mass is 10.1. The molecule has 1 heterocycles. The molecule has 7 nitrogen and oxygen atoms in total. The van der Waals surface area contributed by atoms with E-state index in [9.17, 15) is 18.8 Å². The maximum Gasteiger partial charge on any atom is 0.256 e. The summed E-state index contributed by atoms with van der Waals surface area (Å²) in [7, 11) is 0. The first-order valence-electron chi connectivity index (χ1n) is 10.4. The van der Waals surface area contributed by atoms with Crippen LogP contribution in [0.15, 0.2) is 61.2 Å². The number of rotatable bonds is 7. The Labute approximate surface area is 187 Å². The van der Waals surface area contributed by atoms with Crippen molar-refractivity contribution < 1.29 is 18.8 Å². The molecule has 0 unspecified atom stereocenters. The number of amides is 3. The fourth-order valence-electron chi connectivity index (χ4n) is 3.56. The Morgan fingerprint density at radius 3 is 2.31 bits per heavy atom. The Hall–Kier alpha value is -3.68. The molecule has 2 aromatic rings. The SMILES string of the molecule is C=CCN(CC(=O)Nc1ccc(N2CCN(C(=O)c3ccccc3F)CC2)cc1)C(C)=O. The number of carbonyl (C=O) groups is 3. The molecule has 0 radical (unpaired) electrons. The molecule has 1 aliphatic heterocycles. The topological polar surface area (TPSA) is 73.0 Å². The summed E-state index contributed by atoms with van der Waals surface area (Å²) in [5.41, 5.74) is 1.70. The summed E-state index contributed by atoms with van der Waals surface area (Å²) in [4.78, 5) is 41.5. The molecule has 3 rings (SSSR count). The molecule has 1 fully saturated rings. The van der Waals surface area contributed by atoms with Crippen LogP contribution in [-0.2, 0) is 9.59 Å². The lowest BCUT2D eigenvalue weighted by Crippen LogP contribution is -2.49. The molecule has 8 heteroatoms. The predicted octanol–water partition coefficient (Wildman–Crippen LogP) is 2.76. The molecule has 1 saturated heterocycles. The number of anilines is 2. The quantitative estimate of drug-likeness (QED) is 0.675. The molecule has 0 spiro atoms. The predicted molar refractivity (Wildman–Crippen MR) is 122 cm³/mol. The molecule has 3 amide bonds. The van der Waals surface area contributed by atoms with Gasteiger partial charge in [0.2, 0.25) is 11.8 Å². The zero-order chi connectivity index (χ0) is 23.1. The van der Waals surface area contributed by atoms with E-state index < -0.39 is 5.82 Å². The molecule has 0 atom stereocenters. The minimum absolute atomic E-state index is 0.0406. The van der Waals surface area contributed by atoms with Crippen molar-refractivity contribution >= 4 is 29.1 Å². The van der Waals surface area contributed by atoms with Gasteiger partial charge in [-0.25, -0.2) is 4.39 Å². The maximum absolute atomic E-state index is 13.9. The van der Waals surface area contributed by atoms with E-state index in [1.807, 2.05) is 12.1 Å². The fourth-order valence-corrected chi connectivity index (χ4v) is 3.56. The third-order valence-corrected chi connectivity index (χ3v) is 5.32. The molecule has 0 saturated carbocycles. The van der Waals surface area contributed by atoms with Gasteiger partial charge in [-0.2, -0.15) is 0 Å². The van der Waals surface area contributed by atoms with Crippen molar-refractivity contribution in [1.82, 2.24) is 9.80 Å². The molecule has 168 valence electrons. The van der Waals surface area contributed by atoms with E-state index in [1.165, 1.54) is 24.0 Å². The molecule has 1 N–H and O–H groups in total. The second-order valence-corrected chi connectivity index (χ2v) is 7.54. The average molecular weight is 439 g/mol. The van der Waals surface area contributed by atoms with Crippen LogP contribution in [0.1, 0.15) is 17.3 Å². The molecule has 0 aliphatic carbocycles. The smallest absolute Gasteiger partial charge is 0.256 e. The largest absolute Gasteiger partial charge is 0.368 e. The summed E-state index contributed by atoms with van der Waals surface area (Å²) in [6.45, 7) is 7.52. The summed E-state index contributed by atoms with van der Waals surface area (Å²) in [6, 6.07) is 13.4. The van der Waals surface area contributed by atoms with Crippen molar-refractivity contribution in [1.29, 1.82) is 0 Å². The first-order chi connectivity index (χ1) is 15.4. The van der Waals surface area contributed by atoms with E-state index in [2.05, 4.69) is 16.8 Å². The number of carbonyl (C=O) groups excluding carboxylic acids is 3. The molecular formula is C24H27FN4O3. The second kappa shape index (κ2) is 10.6. The Bertz CT molecular complexity index is 985. The highest BCUT2D eigenvalue weighted by atomic mass is 19.1. The number of hydrogen-bond acceptors (Lipinski definition) is 4. The summed E-state index contributed by atoms with van der Waals surface area (Å²) >= 11 is 0. The number of nitrogens with one attached hydrogen (secondary N) is 1. The zero-order valence-electron chi connectivity index (χ0n) is 18.1. The Morgan fingerprint density at radius 2 is 1.72 bits per heavy atom. The Kier molecular flexibility index (Phi) is 7.59. The minimum atomic E-state index is -0.506. The van der Waals surface area contributed by atoms with Gasteiger partial charge in [0.25, 0.3) is 5.91 Å². The second-order valence-electron chi connectivity index (χ2n) is 7.54. The van der Waals surface area contributed by atoms with Gasteiger partial charge >= 0.3 is 0 Å². The van der Waals surface area contributed by atoms with E-state index in [-0.39, 0.29) is 29.8 Å². The van der Waals surface area contributed by atoms with Gasteiger partial charge in [-0.15, -0.1) is 6.58 Å². The highest BCUT2D eigenvalue weighted by Crippen LogP contribution is 2.20. The Balaban J connectivity index is 1.53. The van der Waals surface area contributed by atoms with Gasteiger partial charge in [0.1, 0.15) is 12.4 Å². The fraction of sp³-hybridized carbons (Fsp3) is 0.292. The molecule has 2 aromatic carbocycles. The van der Waals surface area contributed by atoms with Gasteiger partial charge in [-0.05, 0) is 36.4 Å². The number of benzene rings is 2. The standard InChI is InChI=1S/C24H27FN4O3/c1-3-12-29(18(2)30)17-23(31)26-19-8-10-20(11-9-19)27-13-15-28(16-14-27)24(32)21-6-4-5-7-22(21)25/h3-11H,1,12-17H2,2H3,(H,26,31). The van der Waals surface area contributed by atoms with Crippen molar-refractivity contribution in [2.45, 2.75) is 6.92 Å². The first kappa shape index (κ1) is 23.0. The Morgan fingerprint density at radius 1 is 1.06 bits per heavy atom. The highest BCUT2D eigenvalue weighted by Gasteiger charge is 2.24. The summed E-state index contributed by atoms with van der Waals surface area (Å²) in [6.07, 6.45) is 1.58. The van der Waals surface area contributed by atoms with E-state index in [1.54, 1.807) is 35.2 Å². The normalized spacial score (nSPS) is 13.4. The molecule has 1 aliphatic rings. The van der Waals surface area contributed by atoms with Gasteiger partial charge in [-0.1, -0.05) is 18.2 Å². The van der Waals surface area contributed by atoms with E-state index in [4.69, 9.17) is 0 Å². The van der Waals surface area contributed by atoms with Crippen molar-refractivity contribution in [3.05, 3.63) is 72.6 Å². The van der Waals surface area contributed by atoms with E-state index >= 15 is 0 Å². The van der Waals surface area contributed by atoms with Gasteiger partial charge in [0, 0.05) is 51.0 Å². The van der Waals surface area contributed by atoms with Gasteiger partial charge in [-0.3, -0.25) is 14.4 Å². The number of piperazine rings is 1. The van der Waals surface area contributed by atoms with Gasteiger partial charge in [0.05, 0.1) is 5.56 Å². The van der Waals surface area contributed by atoms with Gasteiger partial charge in [0.15, 0.2) is 0 Å². The van der Waals surface area contributed by atoms with Crippen molar-refractivity contribution in [3.63, 3.8) is 0 Å². The van der Waals surface area contributed by atoms with Crippen LogP contribution in [0.2, 0.25) is 0 Å². The van der Waals surface area contributed by atoms with E-state index in [0.29, 0.717) is 38.4 Å². The summed E-state index contributed by atoms with van der Waals surface area (Å²) in [5.74, 6) is -1.27. The van der Waals surface area contributed by atoms with E-state index in [0.717, 1.165) is 5.69 Å². The third kappa shape index (κ3) is 5.72. The molecule has 0 bridgehead atoms. The van der Waals surface area contributed by atoms with Crippen LogP contribution in [0.5, 0.6) is 0 Å². The van der Waals surface area contributed by atoms with Crippen molar-refractivity contribution in [3.8, 4) is 0 Å². The monoisotopic (exact) mass is 438 g/mol. The highest BCUT2D eigenvalue weighted by molar-refractivity contribution is 5.95. The van der Waals surface area contributed by atoms with Crippen molar-refractivity contribution in [2.75, 3.05) is 49.5 Å². The third-order valence-electron chi connectivity index (χ3n) is 5.32. The van der Waals surface area contributed by atoms with Crippen LogP contribution in [-0.4, -0.2) is 66.8 Å².